The summed E-state index contributed by atoms with van der Waals surface area (Å²) < 4.78 is 44.2. The summed E-state index contributed by atoms with van der Waals surface area (Å²) in [7, 11) is 2.09. The van der Waals surface area contributed by atoms with E-state index < -0.39 is 23.7 Å². The number of amides is 2. The molecule has 2 aromatic heterocycles. The smallest absolute Gasteiger partial charge is 0.310 e. The number of benzene rings is 2. The molecule has 2 amide bonds. The Hall–Kier alpha value is -3.56. The van der Waals surface area contributed by atoms with Crippen LogP contribution in [0.5, 0.6) is 0 Å². The molecule has 0 saturated carbocycles. The molecule has 0 radical (unpaired) electrons. The van der Waals surface area contributed by atoms with Crippen LogP contribution in [0.15, 0.2) is 60.8 Å². The second kappa shape index (κ2) is 8.83. The Kier molecular flexibility index (Phi) is 5.61. The van der Waals surface area contributed by atoms with Crippen molar-refractivity contribution >= 4 is 23.1 Å². The normalized spacial score (nSPS) is 17.2. The second-order valence-corrected chi connectivity index (χ2v) is 10.3. The van der Waals surface area contributed by atoms with Gasteiger partial charge in [0.05, 0.1) is 24.0 Å². The van der Waals surface area contributed by atoms with Crippen molar-refractivity contribution in [3.05, 3.63) is 106 Å². The molecule has 0 bridgehead atoms. The van der Waals surface area contributed by atoms with Gasteiger partial charge in [-0.2, -0.15) is 0 Å². The van der Waals surface area contributed by atoms with Crippen molar-refractivity contribution in [2.24, 2.45) is 0 Å². The van der Waals surface area contributed by atoms with Crippen molar-refractivity contribution in [1.82, 2.24) is 14.4 Å². The maximum atomic E-state index is 14.4. The minimum atomic E-state index is -0.724. The van der Waals surface area contributed by atoms with E-state index in [0.717, 1.165) is 59.5 Å². The minimum Gasteiger partial charge on any atom is -0.310 e. The number of hydrogen-bond donors (Lipinski definition) is 1. The van der Waals surface area contributed by atoms with Gasteiger partial charge in [0.25, 0.3) is 0 Å². The van der Waals surface area contributed by atoms with Gasteiger partial charge in [-0.25, -0.2) is 18.0 Å². The van der Waals surface area contributed by atoms with E-state index in [0.29, 0.717) is 0 Å². The number of carbonyl (C=O) groups excluding carboxylic acids is 1. The van der Waals surface area contributed by atoms with Gasteiger partial charge < -0.3 is 19.7 Å². The van der Waals surface area contributed by atoms with Gasteiger partial charge in [0, 0.05) is 35.8 Å². The summed E-state index contributed by atoms with van der Waals surface area (Å²) in [5.74, 6) is -1.75. The predicted octanol–water partition coefficient (Wildman–Crippen LogP) is 6.08. The maximum absolute atomic E-state index is 14.4. The average Bonchev–Trinajstić information content (AvgIpc) is 3.43. The number of anilines is 1. The maximum Gasteiger partial charge on any atom is 0.323 e. The molecular weight excluding hydrogens is 485 g/mol. The number of thiophene rings is 1. The number of likely N-dealkylation sites (N-methyl/N-ethyl adjacent to an activating group) is 1. The van der Waals surface area contributed by atoms with Crippen LogP contribution in [-0.4, -0.2) is 34.0 Å². The van der Waals surface area contributed by atoms with E-state index in [9.17, 15) is 18.0 Å². The molecule has 0 spiro atoms. The molecule has 2 aliphatic rings. The standard InChI is InChI=1S/C27H23F3N4OS/c1-32-12-10-19-20-14-34(27(35)31-22-13-18(29)8-9-21(22)30)25(16-4-6-17(28)7-5-16)23-3-2-11-33(23)26(20)36-24(19)15-32/h2-9,11,13,25H,10,12,14-15H2,1H3,(H,31,35). The van der Waals surface area contributed by atoms with E-state index in [1.54, 1.807) is 28.4 Å². The fourth-order valence-electron chi connectivity index (χ4n) is 5.13. The van der Waals surface area contributed by atoms with Gasteiger partial charge >= 0.3 is 6.03 Å². The first-order valence-corrected chi connectivity index (χ1v) is 12.5. The van der Waals surface area contributed by atoms with Crippen LogP contribution < -0.4 is 5.32 Å². The van der Waals surface area contributed by atoms with Crippen molar-refractivity contribution in [1.29, 1.82) is 0 Å². The van der Waals surface area contributed by atoms with E-state index in [2.05, 4.69) is 21.8 Å². The summed E-state index contributed by atoms with van der Waals surface area (Å²) >= 11 is 1.72. The molecule has 4 heterocycles. The highest BCUT2D eigenvalue weighted by Crippen LogP contribution is 2.43. The number of carbonyl (C=O) groups is 1. The molecule has 0 aliphatic carbocycles. The number of nitrogens with one attached hydrogen (secondary N) is 1. The van der Waals surface area contributed by atoms with Gasteiger partial charge in [-0.1, -0.05) is 12.1 Å². The largest absolute Gasteiger partial charge is 0.323 e. The number of rotatable bonds is 2. The predicted molar refractivity (Wildman–Crippen MR) is 133 cm³/mol. The van der Waals surface area contributed by atoms with E-state index >= 15 is 0 Å². The first-order valence-electron chi connectivity index (χ1n) is 11.7. The highest BCUT2D eigenvalue weighted by molar-refractivity contribution is 7.15. The summed E-state index contributed by atoms with van der Waals surface area (Å²) in [6, 6.07) is 11.7. The van der Waals surface area contributed by atoms with Gasteiger partial charge in [0.15, 0.2) is 0 Å². The molecule has 2 aliphatic heterocycles. The fraction of sp³-hybridized carbons (Fsp3) is 0.222. The topological polar surface area (TPSA) is 40.5 Å². The van der Waals surface area contributed by atoms with Gasteiger partial charge in [-0.15, -0.1) is 11.3 Å². The molecular formula is C27H23F3N4OS. The van der Waals surface area contributed by atoms with Crippen molar-refractivity contribution in [2.75, 3.05) is 18.9 Å². The Bertz CT molecular complexity index is 1460. The van der Waals surface area contributed by atoms with Crippen molar-refractivity contribution in [2.45, 2.75) is 25.6 Å². The van der Waals surface area contributed by atoms with Gasteiger partial charge in [0.2, 0.25) is 0 Å². The molecule has 1 N–H and O–H groups in total. The first kappa shape index (κ1) is 22.9. The zero-order chi connectivity index (χ0) is 25.0. The highest BCUT2D eigenvalue weighted by Gasteiger charge is 2.36. The summed E-state index contributed by atoms with van der Waals surface area (Å²) in [5.41, 5.74) is 3.62. The van der Waals surface area contributed by atoms with Crippen LogP contribution in [0.4, 0.5) is 23.7 Å². The number of fused-ring (bicyclic) bond motifs is 5. The van der Waals surface area contributed by atoms with Crippen LogP contribution in [0.1, 0.15) is 33.3 Å². The van der Waals surface area contributed by atoms with Gasteiger partial charge in [-0.05, 0) is 61.0 Å². The molecule has 36 heavy (non-hydrogen) atoms. The molecule has 2 aromatic carbocycles. The second-order valence-electron chi connectivity index (χ2n) is 9.21. The average molecular weight is 509 g/mol. The quantitative estimate of drug-likeness (QED) is 0.357. The third-order valence-corrected chi connectivity index (χ3v) is 8.13. The third kappa shape index (κ3) is 3.88. The summed E-state index contributed by atoms with van der Waals surface area (Å²) in [6.45, 7) is 2.03. The van der Waals surface area contributed by atoms with E-state index in [1.807, 2.05) is 18.3 Å². The van der Waals surface area contributed by atoms with Crippen LogP contribution in [0.25, 0.3) is 5.00 Å². The van der Waals surface area contributed by atoms with Crippen molar-refractivity contribution < 1.29 is 18.0 Å². The van der Waals surface area contributed by atoms with E-state index in [1.165, 1.54) is 22.6 Å². The zero-order valence-electron chi connectivity index (χ0n) is 19.5. The molecule has 5 nitrogen and oxygen atoms in total. The van der Waals surface area contributed by atoms with E-state index in [4.69, 9.17) is 0 Å². The number of nitrogens with zero attached hydrogens (tertiary/aromatic N) is 3. The van der Waals surface area contributed by atoms with E-state index in [-0.39, 0.29) is 18.0 Å². The summed E-state index contributed by atoms with van der Waals surface area (Å²) in [5, 5.41) is 3.63. The van der Waals surface area contributed by atoms with Crippen molar-refractivity contribution in [3.8, 4) is 5.00 Å². The Morgan fingerprint density at radius 3 is 2.58 bits per heavy atom. The Morgan fingerprint density at radius 2 is 1.78 bits per heavy atom. The van der Waals surface area contributed by atoms with Gasteiger partial charge in [-0.3, -0.25) is 0 Å². The number of aromatic nitrogens is 1. The Balaban J connectivity index is 1.50. The van der Waals surface area contributed by atoms with Gasteiger partial charge in [0.1, 0.15) is 22.5 Å². The molecule has 9 heteroatoms. The minimum absolute atomic E-state index is 0.230. The van der Waals surface area contributed by atoms with Crippen molar-refractivity contribution in [3.63, 3.8) is 0 Å². The van der Waals surface area contributed by atoms with Crippen LogP contribution in [0.3, 0.4) is 0 Å². The zero-order valence-corrected chi connectivity index (χ0v) is 20.3. The molecule has 4 aromatic rings. The lowest BCUT2D eigenvalue weighted by Gasteiger charge is -2.32. The van der Waals surface area contributed by atoms with Crippen LogP contribution in [0.2, 0.25) is 0 Å². The van der Waals surface area contributed by atoms with Crippen LogP contribution in [0, 0.1) is 17.5 Å². The van der Waals surface area contributed by atoms with Crippen LogP contribution in [-0.2, 0) is 19.5 Å². The highest BCUT2D eigenvalue weighted by atomic mass is 32.1. The lowest BCUT2D eigenvalue weighted by atomic mass is 10.0. The summed E-state index contributed by atoms with van der Waals surface area (Å²) in [6.07, 6.45) is 2.84. The molecule has 0 saturated heterocycles. The number of halogens is 3. The molecule has 0 fully saturated rings. The molecule has 1 atom stereocenters. The molecule has 6 rings (SSSR count). The number of hydrogen-bond acceptors (Lipinski definition) is 3. The lowest BCUT2D eigenvalue weighted by molar-refractivity contribution is 0.194. The SMILES string of the molecule is CN1CCc2c(sc3c2CN(C(=O)Nc2cc(F)ccc2F)C(c2ccc(F)cc2)c2cccn2-3)C1. The molecule has 1 unspecified atom stereocenters. The van der Waals surface area contributed by atoms with Crippen LogP contribution >= 0.6 is 11.3 Å². The fourth-order valence-corrected chi connectivity index (χ4v) is 6.57. The molecule has 184 valence electrons. The Labute approximate surface area is 210 Å². The Morgan fingerprint density at radius 1 is 1.00 bits per heavy atom. The lowest BCUT2D eigenvalue weighted by Crippen LogP contribution is -2.38. The monoisotopic (exact) mass is 508 g/mol. The third-order valence-electron chi connectivity index (χ3n) is 6.87. The first-order chi connectivity index (χ1) is 17.4. The number of urea groups is 1. The summed E-state index contributed by atoms with van der Waals surface area (Å²) in [4.78, 5) is 18.9.